The van der Waals surface area contributed by atoms with E-state index < -0.39 is 0 Å². The molecule has 6 heteroatoms. The normalized spacial score (nSPS) is 19.0. The number of carbonyl (C=O) groups excluding carboxylic acids is 2. The molecule has 4 N–H and O–H groups in total. The van der Waals surface area contributed by atoms with Crippen LogP contribution in [0.15, 0.2) is 12.1 Å². The Labute approximate surface area is 124 Å². The summed E-state index contributed by atoms with van der Waals surface area (Å²) in [4.78, 5) is 27.7. The summed E-state index contributed by atoms with van der Waals surface area (Å²) in [5.41, 5.74) is 6.91. The van der Waals surface area contributed by atoms with E-state index in [1.54, 1.807) is 12.1 Å². The van der Waals surface area contributed by atoms with Gasteiger partial charge in [0.2, 0.25) is 5.91 Å². The van der Waals surface area contributed by atoms with E-state index in [-0.39, 0.29) is 23.3 Å². The zero-order chi connectivity index (χ0) is 15.6. The number of anilines is 1. The van der Waals surface area contributed by atoms with Gasteiger partial charge in [0.25, 0.3) is 5.91 Å². The van der Waals surface area contributed by atoms with Gasteiger partial charge in [-0.3, -0.25) is 9.59 Å². The highest BCUT2D eigenvalue weighted by atomic mass is 16.2. The van der Waals surface area contributed by atoms with Crippen LogP contribution < -0.4 is 16.4 Å². The molecule has 1 aliphatic rings. The lowest BCUT2D eigenvalue weighted by atomic mass is 9.90. The molecule has 0 bridgehead atoms. The minimum atomic E-state index is -0.184. The Kier molecular flexibility index (Phi) is 4.16. The minimum Gasteiger partial charge on any atom is -0.384 e. The molecule has 2 heterocycles. The summed E-state index contributed by atoms with van der Waals surface area (Å²) >= 11 is 0. The molecule has 0 radical (unpaired) electrons. The fraction of sp³-hybridized carbons (Fsp3) is 0.533. The number of rotatable bonds is 2. The Morgan fingerprint density at radius 3 is 2.71 bits per heavy atom. The smallest absolute Gasteiger partial charge is 0.251 e. The molecule has 1 aromatic heterocycles. The van der Waals surface area contributed by atoms with Crippen LogP contribution in [0.3, 0.4) is 0 Å². The van der Waals surface area contributed by atoms with Crippen LogP contribution in [-0.4, -0.2) is 29.4 Å². The summed E-state index contributed by atoms with van der Waals surface area (Å²) in [7, 11) is 0. The van der Waals surface area contributed by atoms with Crippen LogP contribution in [0, 0.1) is 0 Å². The molecule has 1 fully saturated rings. The van der Waals surface area contributed by atoms with Crippen molar-refractivity contribution in [3.63, 3.8) is 0 Å². The molecule has 6 nitrogen and oxygen atoms in total. The van der Waals surface area contributed by atoms with E-state index in [1.165, 1.54) is 0 Å². The quantitative estimate of drug-likeness (QED) is 0.756. The molecule has 114 valence electrons. The molecule has 0 aliphatic carbocycles. The third kappa shape index (κ3) is 3.93. The van der Waals surface area contributed by atoms with E-state index >= 15 is 0 Å². The lowest BCUT2D eigenvalue weighted by Gasteiger charge is -2.24. The van der Waals surface area contributed by atoms with Crippen LogP contribution in [-0.2, 0) is 10.2 Å². The molecule has 21 heavy (non-hydrogen) atoms. The van der Waals surface area contributed by atoms with Gasteiger partial charge in [-0.15, -0.1) is 0 Å². The van der Waals surface area contributed by atoms with Gasteiger partial charge >= 0.3 is 0 Å². The van der Waals surface area contributed by atoms with Gasteiger partial charge < -0.3 is 16.4 Å². The molecule has 1 unspecified atom stereocenters. The minimum absolute atomic E-state index is 0.0312. The van der Waals surface area contributed by atoms with Crippen molar-refractivity contribution in [3.05, 3.63) is 23.4 Å². The van der Waals surface area contributed by atoms with Gasteiger partial charge in [-0.2, -0.15) is 0 Å². The molecule has 2 amide bonds. The maximum Gasteiger partial charge on any atom is 0.251 e. The number of hydrogen-bond acceptors (Lipinski definition) is 4. The van der Waals surface area contributed by atoms with Gasteiger partial charge in [0.1, 0.15) is 5.82 Å². The summed E-state index contributed by atoms with van der Waals surface area (Å²) in [5, 5.41) is 5.67. The van der Waals surface area contributed by atoms with E-state index in [9.17, 15) is 9.59 Å². The zero-order valence-corrected chi connectivity index (χ0v) is 12.7. The first kappa shape index (κ1) is 15.3. The number of piperidine rings is 1. The van der Waals surface area contributed by atoms with Gasteiger partial charge in [-0.05, 0) is 18.6 Å². The van der Waals surface area contributed by atoms with Crippen LogP contribution in [0.2, 0.25) is 0 Å². The SMILES string of the molecule is CC(C)(C)c1cc(C(=O)NC2CCC(=O)NC2)cc(N)n1. The number of nitrogens with zero attached hydrogens (tertiary/aromatic N) is 1. The first-order valence-corrected chi connectivity index (χ1v) is 7.11. The third-order valence-electron chi connectivity index (χ3n) is 3.48. The average Bonchev–Trinajstić information content (AvgIpc) is 2.39. The number of amides is 2. The van der Waals surface area contributed by atoms with Crippen LogP contribution in [0.4, 0.5) is 5.82 Å². The van der Waals surface area contributed by atoms with E-state index in [0.717, 1.165) is 5.69 Å². The van der Waals surface area contributed by atoms with Gasteiger partial charge in [-0.25, -0.2) is 4.98 Å². The Balaban J connectivity index is 2.12. The monoisotopic (exact) mass is 290 g/mol. The van der Waals surface area contributed by atoms with Crippen LogP contribution in [0.5, 0.6) is 0 Å². The molecule has 1 atom stereocenters. The van der Waals surface area contributed by atoms with Crippen molar-refractivity contribution in [1.82, 2.24) is 15.6 Å². The molecule has 0 spiro atoms. The van der Waals surface area contributed by atoms with Gasteiger partial charge in [-0.1, -0.05) is 20.8 Å². The lowest BCUT2D eigenvalue weighted by molar-refractivity contribution is -0.122. The van der Waals surface area contributed by atoms with Crippen LogP contribution in [0.25, 0.3) is 0 Å². The summed E-state index contributed by atoms with van der Waals surface area (Å²) in [6.45, 7) is 6.53. The Hall–Kier alpha value is -2.11. The second-order valence-electron chi connectivity index (χ2n) is 6.43. The standard InChI is InChI=1S/C15H22N4O2/c1-15(2,3)11-6-9(7-12(16)19-11)14(21)18-10-4-5-13(20)17-8-10/h6-7,10H,4-5,8H2,1-3H3,(H2,16,19)(H,17,20)(H,18,21). The van der Waals surface area contributed by atoms with E-state index in [1.807, 2.05) is 20.8 Å². The van der Waals surface area contributed by atoms with Crippen molar-refractivity contribution < 1.29 is 9.59 Å². The van der Waals surface area contributed by atoms with Crippen molar-refractivity contribution in [1.29, 1.82) is 0 Å². The maximum atomic E-state index is 12.3. The molecule has 0 saturated carbocycles. The number of nitrogen functional groups attached to an aromatic ring is 1. The number of aromatic nitrogens is 1. The van der Waals surface area contributed by atoms with Gasteiger partial charge in [0, 0.05) is 35.7 Å². The van der Waals surface area contributed by atoms with Crippen molar-refractivity contribution in [2.24, 2.45) is 0 Å². The second-order valence-corrected chi connectivity index (χ2v) is 6.43. The van der Waals surface area contributed by atoms with Gasteiger partial charge in [0.05, 0.1) is 0 Å². The Bertz CT molecular complexity index is 553. The number of nitrogens with two attached hydrogens (primary N) is 1. The largest absolute Gasteiger partial charge is 0.384 e. The van der Waals surface area contributed by atoms with E-state index in [0.29, 0.717) is 30.8 Å². The Morgan fingerprint density at radius 1 is 1.43 bits per heavy atom. The highest BCUT2D eigenvalue weighted by Crippen LogP contribution is 2.22. The van der Waals surface area contributed by atoms with Crippen molar-refractivity contribution >= 4 is 17.6 Å². The fourth-order valence-corrected chi connectivity index (χ4v) is 2.19. The molecule has 0 aromatic carbocycles. The predicted octanol–water partition coefficient (Wildman–Crippen LogP) is 0.970. The highest BCUT2D eigenvalue weighted by Gasteiger charge is 2.22. The summed E-state index contributed by atoms with van der Waals surface area (Å²) in [5.74, 6) is 0.184. The zero-order valence-electron chi connectivity index (χ0n) is 12.7. The lowest BCUT2D eigenvalue weighted by Crippen LogP contribution is -2.47. The molecule has 1 aromatic rings. The molecule has 1 aliphatic heterocycles. The maximum absolute atomic E-state index is 12.3. The summed E-state index contributed by atoms with van der Waals surface area (Å²) in [6, 6.07) is 3.31. The van der Waals surface area contributed by atoms with Crippen LogP contribution >= 0.6 is 0 Å². The highest BCUT2D eigenvalue weighted by molar-refractivity contribution is 5.95. The number of hydrogen-bond donors (Lipinski definition) is 3. The molecule has 2 rings (SSSR count). The van der Waals surface area contributed by atoms with E-state index in [4.69, 9.17) is 5.73 Å². The van der Waals surface area contributed by atoms with Crippen molar-refractivity contribution in [2.75, 3.05) is 12.3 Å². The van der Waals surface area contributed by atoms with Crippen LogP contribution in [0.1, 0.15) is 49.7 Å². The second kappa shape index (κ2) is 5.71. The molecular formula is C15H22N4O2. The summed E-state index contributed by atoms with van der Waals surface area (Å²) in [6.07, 6.45) is 1.10. The summed E-state index contributed by atoms with van der Waals surface area (Å²) < 4.78 is 0. The third-order valence-corrected chi connectivity index (χ3v) is 3.48. The first-order chi connectivity index (χ1) is 9.75. The van der Waals surface area contributed by atoms with Gasteiger partial charge in [0.15, 0.2) is 0 Å². The predicted molar refractivity (Wildman–Crippen MR) is 80.8 cm³/mol. The van der Waals surface area contributed by atoms with Crippen molar-refractivity contribution in [3.8, 4) is 0 Å². The Morgan fingerprint density at radius 2 is 2.14 bits per heavy atom. The molecule has 1 saturated heterocycles. The average molecular weight is 290 g/mol. The first-order valence-electron chi connectivity index (χ1n) is 7.11. The number of pyridine rings is 1. The number of carbonyl (C=O) groups is 2. The topological polar surface area (TPSA) is 97.1 Å². The molecular weight excluding hydrogens is 268 g/mol. The fourth-order valence-electron chi connectivity index (χ4n) is 2.19. The van der Waals surface area contributed by atoms with Crippen molar-refractivity contribution in [2.45, 2.75) is 45.1 Å². The van der Waals surface area contributed by atoms with E-state index in [2.05, 4.69) is 15.6 Å². The number of nitrogens with one attached hydrogen (secondary N) is 2.